The summed E-state index contributed by atoms with van der Waals surface area (Å²) in [6.45, 7) is 4.15. The highest BCUT2D eigenvalue weighted by Gasteiger charge is 2.41. The molecule has 0 saturated heterocycles. The molecule has 0 radical (unpaired) electrons. The van der Waals surface area contributed by atoms with E-state index in [1.54, 1.807) is 12.1 Å². The number of hydrogen-bond acceptors (Lipinski definition) is 4. The molecule has 7 heteroatoms. The van der Waals surface area contributed by atoms with Crippen LogP contribution in [0.25, 0.3) is 0 Å². The quantitative estimate of drug-likeness (QED) is 0.638. The van der Waals surface area contributed by atoms with Gasteiger partial charge in [0.25, 0.3) is 5.56 Å². The first-order valence-corrected chi connectivity index (χ1v) is 9.19. The Bertz CT molecular complexity index is 1060. The number of hydrogen-bond donors (Lipinski definition) is 3. The van der Waals surface area contributed by atoms with E-state index in [0.29, 0.717) is 28.4 Å². The summed E-state index contributed by atoms with van der Waals surface area (Å²) in [5.41, 5.74) is 2.43. The van der Waals surface area contributed by atoms with Crippen LogP contribution < -0.4 is 10.9 Å². The zero-order chi connectivity index (χ0) is 18.6. The van der Waals surface area contributed by atoms with E-state index >= 15 is 0 Å². The molecule has 0 bridgehead atoms. The Labute approximate surface area is 160 Å². The van der Waals surface area contributed by atoms with Crippen molar-refractivity contribution in [2.45, 2.75) is 32.6 Å². The predicted octanol–water partition coefficient (Wildman–Crippen LogP) is 4.29. The molecule has 3 N–H and O–H groups in total. The Hall–Kier alpha value is -2.18. The van der Waals surface area contributed by atoms with Crippen molar-refractivity contribution in [3.8, 4) is 0 Å². The maximum atomic E-state index is 13.0. The fourth-order valence-electron chi connectivity index (χ4n) is 3.94. The molecule has 0 spiro atoms. The predicted molar refractivity (Wildman–Crippen MR) is 104 cm³/mol. The second kappa shape index (κ2) is 5.93. The summed E-state index contributed by atoms with van der Waals surface area (Å²) in [4.78, 5) is 31.4. The molecule has 1 aromatic heterocycles. The van der Waals surface area contributed by atoms with Crippen LogP contribution in [0.3, 0.4) is 0 Å². The van der Waals surface area contributed by atoms with E-state index in [0.717, 1.165) is 17.7 Å². The number of nitrogens with one attached hydrogen (secondary N) is 3. The summed E-state index contributed by atoms with van der Waals surface area (Å²) in [7, 11) is 0. The van der Waals surface area contributed by atoms with Crippen LogP contribution in [0.15, 0.2) is 40.3 Å². The second-order valence-electron chi connectivity index (χ2n) is 7.64. The van der Waals surface area contributed by atoms with Crippen molar-refractivity contribution >= 4 is 35.4 Å². The number of carbonyl (C=O) groups is 1. The first kappa shape index (κ1) is 17.2. The van der Waals surface area contributed by atoms with Crippen LogP contribution in [-0.4, -0.2) is 15.8 Å². The number of H-pyrrole nitrogens is 2. The zero-order valence-electron chi connectivity index (χ0n) is 14.4. The number of anilines is 1. The summed E-state index contributed by atoms with van der Waals surface area (Å²) in [5.74, 6) is 0.178. The lowest BCUT2D eigenvalue weighted by Gasteiger charge is -2.38. The van der Waals surface area contributed by atoms with Crippen LogP contribution in [0.2, 0.25) is 5.02 Å². The third-order valence-electron chi connectivity index (χ3n) is 4.96. The molecule has 1 aromatic carbocycles. The van der Waals surface area contributed by atoms with Crippen molar-refractivity contribution in [3.05, 3.63) is 66.8 Å². The number of rotatable bonds is 1. The van der Waals surface area contributed by atoms with Gasteiger partial charge in [0.1, 0.15) is 5.82 Å². The van der Waals surface area contributed by atoms with Crippen molar-refractivity contribution in [3.63, 3.8) is 0 Å². The molecular weight excluding hydrogens is 370 g/mol. The van der Waals surface area contributed by atoms with Crippen molar-refractivity contribution in [2.24, 2.45) is 5.41 Å². The lowest BCUT2D eigenvalue weighted by atomic mass is 9.69. The standard InChI is InChI=1S/C19H18ClN3O2S/c1-19(2)7-11-14(12(24)8-19)13(9-3-5-10(20)6-4-9)15-16(21-11)22-18(26)23-17(15)25/h3-6,13H,7-8H2,1-2H3,(H3,21,22,23,25,26). The first-order chi connectivity index (χ1) is 12.2. The lowest BCUT2D eigenvalue weighted by molar-refractivity contribution is -0.118. The monoisotopic (exact) mass is 387 g/mol. The first-order valence-electron chi connectivity index (χ1n) is 8.40. The number of aromatic amines is 2. The van der Waals surface area contributed by atoms with Crippen LogP contribution in [0, 0.1) is 10.2 Å². The topological polar surface area (TPSA) is 77.8 Å². The third kappa shape index (κ3) is 2.83. The molecule has 0 amide bonds. The SMILES string of the molecule is CC1(C)CC(=O)C2=C(C1)Nc1[nH]c(=S)[nH]c(=O)c1C2c1ccc(Cl)cc1. The molecular formula is C19H18ClN3O2S. The minimum atomic E-state index is -0.447. The van der Waals surface area contributed by atoms with Gasteiger partial charge in [-0.05, 0) is 41.7 Å². The molecule has 134 valence electrons. The van der Waals surface area contributed by atoms with Gasteiger partial charge in [-0.2, -0.15) is 0 Å². The van der Waals surface area contributed by atoms with E-state index in [1.165, 1.54) is 0 Å². The summed E-state index contributed by atoms with van der Waals surface area (Å²) < 4.78 is 0.251. The zero-order valence-corrected chi connectivity index (χ0v) is 16.0. The number of allylic oxidation sites excluding steroid dienone is 2. The van der Waals surface area contributed by atoms with Crippen LogP contribution in [-0.2, 0) is 4.79 Å². The van der Waals surface area contributed by atoms with Crippen molar-refractivity contribution in [1.82, 2.24) is 9.97 Å². The van der Waals surface area contributed by atoms with E-state index in [9.17, 15) is 9.59 Å². The molecule has 0 saturated carbocycles. The summed E-state index contributed by atoms with van der Waals surface area (Å²) in [6.07, 6.45) is 1.18. The van der Waals surface area contributed by atoms with Crippen LogP contribution >= 0.6 is 23.8 Å². The van der Waals surface area contributed by atoms with Gasteiger partial charge in [0.2, 0.25) is 0 Å². The number of Topliss-reactive ketones (excluding diaryl/α,β-unsaturated/α-hetero) is 1. The van der Waals surface area contributed by atoms with Crippen LogP contribution in [0.4, 0.5) is 5.82 Å². The van der Waals surface area contributed by atoms with Gasteiger partial charge in [-0.25, -0.2) is 0 Å². The van der Waals surface area contributed by atoms with Gasteiger partial charge in [0, 0.05) is 28.6 Å². The Morgan fingerprint density at radius 2 is 1.81 bits per heavy atom. The maximum Gasteiger partial charge on any atom is 0.257 e. The Morgan fingerprint density at radius 1 is 1.12 bits per heavy atom. The van der Waals surface area contributed by atoms with Crippen LogP contribution in [0.5, 0.6) is 0 Å². The van der Waals surface area contributed by atoms with Gasteiger partial charge in [-0.3, -0.25) is 14.6 Å². The molecule has 26 heavy (non-hydrogen) atoms. The van der Waals surface area contributed by atoms with Gasteiger partial charge in [0.05, 0.1) is 5.56 Å². The third-order valence-corrected chi connectivity index (χ3v) is 5.41. The average molecular weight is 388 g/mol. The molecule has 2 heterocycles. The van der Waals surface area contributed by atoms with Crippen LogP contribution in [0.1, 0.15) is 43.7 Å². The fourth-order valence-corrected chi connectivity index (χ4v) is 4.26. The fraction of sp³-hybridized carbons (Fsp3) is 0.316. The second-order valence-corrected chi connectivity index (χ2v) is 8.48. The number of fused-ring (bicyclic) bond motifs is 1. The Kier molecular flexibility index (Phi) is 3.93. The van der Waals surface area contributed by atoms with Gasteiger partial charge in [-0.1, -0.05) is 37.6 Å². The van der Waals surface area contributed by atoms with Gasteiger partial charge >= 0.3 is 0 Å². The van der Waals surface area contributed by atoms with Gasteiger partial charge in [0.15, 0.2) is 10.6 Å². The number of aromatic nitrogens is 2. The highest BCUT2D eigenvalue weighted by atomic mass is 35.5. The average Bonchev–Trinajstić information content (AvgIpc) is 2.52. The smallest absolute Gasteiger partial charge is 0.257 e. The van der Waals surface area contributed by atoms with Crippen molar-refractivity contribution in [1.29, 1.82) is 0 Å². The largest absolute Gasteiger partial charge is 0.344 e. The number of benzene rings is 1. The van der Waals surface area contributed by atoms with Gasteiger partial charge < -0.3 is 10.3 Å². The number of carbonyl (C=O) groups excluding carboxylic acids is 1. The highest BCUT2D eigenvalue weighted by molar-refractivity contribution is 7.71. The van der Waals surface area contributed by atoms with E-state index in [-0.39, 0.29) is 21.5 Å². The minimum absolute atomic E-state index is 0.0659. The van der Waals surface area contributed by atoms with Crippen molar-refractivity contribution in [2.75, 3.05) is 5.32 Å². The molecule has 2 aromatic rings. The van der Waals surface area contributed by atoms with E-state index in [1.807, 2.05) is 12.1 Å². The lowest BCUT2D eigenvalue weighted by Crippen LogP contribution is -2.36. The number of ketones is 1. The highest BCUT2D eigenvalue weighted by Crippen LogP contribution is 2.47. The summed E-state index contributed by atoms with van der Waals surface area (Å²) in [6, 6.07) is 7.27. The molecule has 1 unspecified atom stereocenters. The Morgan fingerprint density at radius 3 is 2.50 bits per heavy atom. The summed E-state index contributed by atoms with van der Waals surface area (Å²) in [5, 5.41) is 3.87. The Balaban J connectivity index is 2.00. The molecule has 4 rings (SSSR count). The normalized spacial score (nSPS) is 21.0. The molecule has 1 atom stereocenters. The van der Waals surface area contributed by atoms with Gasteiger partial charge in [-0.15, -0.1) is 0 Å². The number of halogens is 1. The molecule has 0 fully saturated rings. The van der Waals surface area contributed by atoms with E-state index < -0.39 is 5.92 Å². The molecule has 5 nitrogen and oxygen atoms in total. The summed E-state index contributed by atoms with van der Waals surface area (Å²) >= 11 is 11.1. The van der Waals surface area contributed by atoms with Crippen molar-refractivity contribution < 1.29 is 4.79 Å². The molecule has 1 aliphatic heterocycles. The minimum Gasteiger partial charge on any atom is -0.344 e. The maximum absolute atomic E-state index is 13.0. The van der Waals surface area contributed by atoms with E-state index in [2.05, 4.69) is 29.1 Å². The molecule has 2 aliphatic rings. The van der Waals surface area contributed by atoms with E-state index in [4.69, 9.17) is 23.8 Å². The molecule has 1 aliphatic carbocycles.